The van der Waals surface area contributed by atoms with Crippen LogP contribution in [0, 0.1) is 0 Å². The molecular formula is C21H22N6O5S. The average molecular weight is 471 g/mol. The van der Waals surface area contributed by atoms with E-state index in [-0.39, 0.29) is 6.61 Å². The van der Waals surface area contributed by atoms with E-state index in [1.807, 2.05) is 31.2 Å². The van der Waals surface area contributed by atoms with Gasteiger partial charge in [0.1, 0.15) is 12.4 Å². The van der Waals surface area contributed by atoms with Crippen LogP contribution in [0.5, 0.6) is 11.5 Å². The van der Waals surface area contributed by atoms with Crippen molar-refractivity contribution in [3.05, 3.63) is 56.8 Å². The first-order valence-electron chi connectivity index (χ1n) is 10.6. The zero-order chi connectivity index (χ0) is 22.9. The van der Waals surface area contributed by atoms with Crippen LogP contribution in [0.3, 0.4) is 0 Å². The van der Waals surface area contributed by atoms with Crippen LogP contribution >= 0.6 is 11.8 Å². The third-order valence-electron chi connectivity index (χ3n) is 5.37. The molecule has 5 rings (SSSR count). The second-order valence-electron chi connectivity index (χ2n) is 7.58. The lowest BCUT2D eigenvalue weighted by molar-refractivity contribution is 0.0686. The number of aromatic amines is 1. The number of nitrogens with one attached hydrogen (secondary N) is 1. The molecule has 0 radical (unpaired) electrons. The lowest BCUT2D eigenvalue weighted by Gasteiger charge is -2.23. The topological polar surface area (TPSA) is 130 Å². The molecule has 33 heavy (non-hydrogen) atoms. The molecule has 12 heteroatoms. The summed E-state index contributed by atoms with van der Waals surface area (Å²) in [6.45, 7) is 2.80. The molecule has 1 N–H and O–H groups in total. The fourth-order valence-electron chi connectivity index (χ4n) is 3.62. The van der Waals surface area contributed by atoms with E-state index in [1.54, 1.807) is 11.6 Å². The molecule has 172 valence electrons. The van der Waals surface area contributed by atoms with Gasteiger partial charge < -0.3 is 18.5 Å². The number of hydrogen-bond donors (Lipinski definition) is 1. The van der Waals surface area contributed by atoms with Gasteiger partial charge in [-0.1, -0.05) is 37.2 Å². The number of aryl methyl sites for hydroxylation is 2. The first kappa shape index (κ1) is 21.3. The van der Waals surface area contributed by atoms with Gasteiger partial charge in [-0.3, -0.25) is 14.3 Å². The Kier molecular flexibility index (Phi) is 5.67. The van der Waals surface area contributed by atoms with Gasteiger partial charge in [0.05, 0.1) is 5.75 Å². The Balaban J connectivity index is 1.34. The highest BCUT2D eigenvalue weighted by atomic mass is 32.2. The Morgan fingerprint density at radius 1 is 1.21 bits per heavy atom. The van der Waals surface area contributed by atoms with Crippen LogP contribution in [0.4, 0.5) is 0 Å². The van der Waals surface area contributed by atoms with Crippen LogP contribution in [0.2, 0.25) is 0 Å². The zero-order valence-corrected chi connectivity index (χ0v) is 18.9. The minimum absolute atomic E-state index is 0.270. The van der Waals surface area contributed by atoms with Gasteiger partial charge in [-0.2, -0.15) is 0 Å². The molecular weight excluding hydrogens is 448 g/mol. The summed E-state index contributed by atoms with van der Waals surface area (Å²) in [5.74, 6) is 2.61. The number of H-pyrrole nitrogens is 1. The minimum Gasteiger partial charge on any atom is -0.485 e. The molecule has 0 spiro atoms. The summed E-state index contributed by atoms with van der Waals surface area (Å²) in [6.07, 6.45) is 1.23. The van der Waals surface area contributed by atoms with E-state index in [4.69, 9.17) is 13.9 Å². The summed E-state index contributed by atoms with van der Waals surface area (Å²) >= 11 is 1.29. The molecule has 0 fully saturated rings. The summed E-state index contributed by atoms with van der Waals surface area (Å²) in [6, 6.07) is 7.40. The maximum Gasteiger partial charge on any atom is 0.330 e. The molecule has 1 aromatic carbocycles. The largest absolute Gasteiger partial charge is 0.485 e. The second kappa shape index (κ2) is 8.77. The third-order valence-corrected chi connectivity index (χ3v) is 6.19. The normalized spacial score (nSPS) is 15.3. The number of aromatic nitrogens is 6. The molecule has 1 aliphatic rings. The Labute approximate surface area is 191 Å². The Morgan fingerprint density at radius 3 is 2.85 bits per heavy atom. The zero-order valence-electron chi connectivity index (χ0n) is 18.1. The van der Waals surface area contributed by atoms with Crippen LogP contribution in [-0.4, -0.2) is 35.9 Å². The number of hydrogen-bond acceptors (Lipinski definition) is 9. The fourth-order valence-corrected chi connectivity index (χ4v) is 4.37. The standard InChI is InChI=1S/C21H22N6O5S/c1-3-4-9-27-17-16(18(28)23-20(27)29)26(2)15(22-17)11-33-21-25-24-19(32-21)14-10-30-12-7-5-6-8-13(12)31-14/h5-8,14H,3-4,9-11H2,1-2H3,(H,23,28,29)/t14-/m0/s1. The van der Waals surface area contributed by atoms with Gasteiger partial charge in [0.2, 0.25) is 6.10 Å². The number of benzene rings is 1. The molecule has 4 aromatic rings. The van der Waals surface area contributed by atoms with Crippen molar-refractivity contribution >= 4 is 22.9 Å². The van der Waals surface area contributed by atoms with Crippen molar-refractivity contribution in [2.24, 2.45) is 7.05 Å². The van der Waals surface area contributed by atoms with Crippen LogP contribution in [-0.2, 0) is 19.3 Å². The van der Waals surface area contributed by atoms with Gasteiger partial charge in [-0.05, 0) is 18.6 Å². The molecule has 3 aromatic heterocycles. The predicted octanol–water partition coefficient (Wildman–Crippen LogP) is 2.41. The van der Waals surface area contributed by atoms with Gasteiger partial charge in [0.15, 0.2) is 22.7 Å². The van der Waals surface area contributed by atoms with Crippen molar-refractivity contribution in [2.45, 2.75) is 43.4 Å². The summed E-state index contributed by atoms with van der Waals surface area (Å²) in [5.41, 5.74) is -0.160. The monoisotopic (exact) mass is 470 g/mol. The van der Waals surface area contributed by atoms with Crippen LogP contribution in [0.25, 0.3) is 11.2 Å². The molecule has 0 unspecified atom stereocenters. The lowest BCUT2D eigenvalue weighted by Crippen LogP contribution is -2.31. The lowest BCUT2D eigenvalue weighted by atomic mass is 10.2. The molecule has 0 aliphatic carbocycles. The summed E-state index contributed by atoms with van der Waals surface area (Å²) in [7, 11) is 1.75. The average Bonchev–Trinajstić information content (AvgIpc) is 3.42. The molecule has 0 amide bonds. The Morgan fingerprint density at radius 2 is 2.03 bits per heavy atom. The van der Waals surface area contributed by atoms with E-state index in [2.05, 4.69) is 20.2 Å². The van der Waals surface area contributed by atoms with Crippen LogP contribution in [0.1, 0.15) is 37.6 Å². The highest BCUT2D eigenvalue weighted by Gasteiger charge is 2.27. The number of thioether (sulfide) groups is 1. The summed E-state index contributed by atoms with van der Waals surface area (Å²) in [4.78, 5) is 31.6. The van der Waals surface area contributed by atoms with Crippen molar-refractivity contribution in [3.8, 4) is 11.5 Å². The van der Waals surface area contributed by atoms with Crippen molar-refractivity contribution in [1.29, 1.82) is 0 Å². The van der Waals surface area contributed by atoms with Crippen molar-refractivity contribution in [1.82, 2.24) is 29.3 Å². The molecule has 4 heterocycles. The van der Waals surface area contributed by atoms with E-state index < -0.39 is 17.4 Å². The number of fused-ring (bicyclic) bond motifs is 2. The molecule has 0 bridgehead atoms. The first-order valence-corrected chi connectivity index (χ1v) is 11.6. The maximum absolute atomic E-state index is 12.4. The van der Waals surface area contributed by atoms with Gasteiger partial charge in [0.25, 0.3) is 16.7 Å². The van der Waals surface area contributed by atoms with Gasteiger partial charge in [0, 0.05) is 13.6 Å². The Hall–Kier alpha value is -3.54. The smallest absolute Gasteiger partial charge is 0.330 e. The van der Waals surface area contributed by atoms with Crippen molar-refractivity contribution < 1.29 is 13.9 Å². The Bertz CT molecular complexity index is 1420. The van der Waals surface area contributed by atoms with Crippen LogP contribution in [0.15, 0.2) is 43.5 Å². The van der Waals surface area contributed by atoms with E-state index in [9.17, 15) is 9.59 Å². The number of imidazole rings is 1. The maximum atomic E-state index is 12.4. The van der Waals surface area contributed by atoms with Crippen LogP contribution < -0.4 is 20.7 Å². The quantitative estimate of drug-likeness (QED) is 0.405. The van der Waals surface area contributed by atoms with Gasteiger partial charge >= 0.3 is 5.69 Å². The molecule has 0 saturated carbocycles. The number of ether oxygens (including phenoxy) is 2. The number of para-hydroxylation sites is 2. The minimum atomic E-state index is -0.496. The number of nitrogens with zero attached hydrogens (tertiary/aromatic N) is 5. The molecule has 11 nitrogen and oxygen atoms in total. The summed E-state index contributed by atoms with van der Waals surface area (Å²) in [5, 5.41) is 8.52. The fraction of sp³-hybridized carbons (Fsp3) is 0.381. The molecule has 1 atom stereocenters. The van der Waals surface area contributed by atoms with E-state index in [1.165, 1.54) is 16.3 Å². The van der Waals surface area contributed by atoms with Gasteiger partial charge in [-0.25, -0.2) is 9.78 Å². The molecule has 0 saturated heterocycles. The summed E-state index contributed by atoms with van der Waals surface area (Å²) < 4.78 is 20.6. The van der Waals surface area contributed by atoms with E-state index in [0.29, 0.717) is 51.9 Å². The predicted molar refractivity (Wildman–Crippen MR) is 120 cm³/mol. The number of unbranched alkanes of at least 4 members (excludes halogenated alkanes) is 1. The highest BCUT2D eigenvalue weighted by molar-refractivity contribution is 7.98. The van der Waals surface area contributed by atoms with Crippen molar-refractivity contribution in [2.75, 3.05) is 6.61 Å². The van der Waals surface area contributed by atoms with Gasteiger partial charge in [-0.15, -0.1) is 10.2 Å². The van der Waals surface area contributed by atoms with Crippen molar-refractivity contribution in [3.63, 3.8) is 0 Å². The molecule has 1 aliphatic heterocycles. The second-order valence-corrected chi connectivity index (χ2v) is 8.51. The first-order chi connectivity index (χ1) is 16.0. The number of rotatable bonds is 7. The van der Waals surface area contributed by atoms with E-state index in [0.717, 1.165) is 12.8 Å². The third kappa shape index (κ3) is 4.01. The SMILES string of the molecule is CCCCn1c(=O)[nH]c(=O)c2c1nc(CSc1nnc([C@@H]3COc4ccccc4O3)o1)n2C. The van der Waals surface area contributed by atoms with E-state index >= 15 is 0 Å². The highest BCUT2D eigenvalue weighted by Crippen LogP contribution is 2.36.